The monoisotopic (exact) mass is 470 g/mol. The number of nitrogens with one attached hydrogen (secondary N) is 1. The smallest absolute Gasteiger partial charge is 0.271 e. The number of benzene rings is 2. The third kappa shape index (κ3) is 5.03. The molecule has 1 aliphatic heterocycles. The van der Waals surface area contributed by atoms with Crippen molar-refractivity contribution in [1.29, 1.82) is 0 Å². The first-order chi connectivity index (χ1) is 14.7. The lowest BCUT2D eigenvalue weighted by atomic mass is 9.98. The maximum atomic E-state index is 12.7. The normalized spacial score (nSPS) is 11.4. The second-order valence-corrected chi connectivity index (χ2v) is 6.77. The Bertz CT molecular complexity index is 1150. The molecule has 1 aromatic heterocycles. The number of fused-ring (bicyclic) bond motifs is 3. The lowest BCUT2D eigenvalue weighted by Crippen LogP contribution is -2.28. The number of terminal acetylenes is 1. The highest BCUT2D eigenvalue weighted by Gasteiger charge is 2.24. The fourth-order valence-electron chi connectivity index (χ4n) is 3.49. The Morgan fingerprint density at radius 3 is 2.72 bits per heavy atom. The second-order valence-electron chi connectivity index (χ2n) is 6.77. The van der Waals surface area contributed by atoms with Crippen molar-refractivity contribution < 1.29 is 9.53 Å². The minimum Gasteiger partial charge on any atom is -0.380 e. The molecule has 2 heterocycles. The number of carbonyl (C=O) groups is 1. The minimum absolute atomic E-state index is 0. The molecule has 0 aliphatic carbocycles. The number of nitrogens with zero attached hydrogens (tertiary/aromatic N) is 3. The first kappa shape index (κ1) is 25.2. The molecule has 0 radical (unpaired) electrons. The summed E-state index contributed by atoms with van der Waals surface area (Å²) in [5, 5.41) is 2.86. The van der Waals surface area contributed by atoms with Gasteiger partial charge in [-0.15, -0.1) is 31.2 Å². The van der Waals surface area contributed by atoms with Crippen LogP contribution in [-0.2, 0) is 11.3 Å². The summed E-state index contributed by atoms with van der Waals surface area (Å²) in [4.78, 5) is 21.9. The van der Waals surface area contributed by atoms with Crippen molar-refractivity contribution in [1.82, 2.24) is 14.9 Å². The number of hydrogen-bond acceptors (Lipinski definition) is 4. The first-order valence-electron chi connectivity index (χ1n) is 9.86. The average Bonchev–Trinajstić information content (AvgIpc) is 3.14. The van der Waals surface area contributed by atoms with Gasteiger partial charge in [-0.2, -0.15) is 0 Å². The van der Waals surface area contributed by atoms with Crippen LogP contribution in [0.3, 0.4) is 0 Å². The molecule has 0 atom stereocenters. The molecular weight excluding hydrogens is 447 g/mol. The fraction of sp³-hybridized carbons (Fsp3) is 0.208. The maximum Gasteiger partial charge on any atom is 0.271 e. The average molecular weight is 471 g/mol. The highest BCUT2D eigenvalue weighted by molar-refractivity contribution is 6.15. The zero-order valence-electron chi connectivity index (χ0n) is 17.6. The highest BCUT2D eigenvalue weighted by atomic mass is 35.5. The van der Waals surface area contributed by atoms with Crippen molar-refractivity contribution in [3.8, 4) is 18.0 Å². The summed E-state index contributed by atoms with van der Waals surface area (Å²) in [5.41, 5.74) is 5.53. The SMILES string of the molecule is C#Cc1ccc2c(c1)C(c1ccccc1)=NCc1c(C(=O)NCCOCC)ncn1-2.Cl.Cl. The van der Waals surface area contributed by atoms with Gasteiger partial charge in [0.15, 0.2) is 5.69 Å². The molecule has 1 aliphatic rings. The molecule has 0 saturated heterocycles. The van der Waals surface area contributed by atoms with E-state index < -0.39 is 0 Å². The number of amides is 1. The zero-order chi connectivity index (χ0) is 20.9. The van der Waals surface area contributed by atoms with Gasteiger partial charge in [0.25, 0.3) is 5.91 Å². The molecular formula is C24H24Cl2N4O2. The van der Waals surface area contributed by atoms with E-state index >= 15 is 0 Å². The highest BCUT2D eigenvalue weighted by Crippen LogP contribution is 2.27. The van der Waals surface area contributed by atoms with Crippen molar-refractivity contribution in [3.63, 3.8) is 0 Å². The zero-order valence-corrected chi connectivity index (χ0v) is 19.2. The molecule has 1 amide bonds. The molecule has 1 N–H and O–H groups in total. The van der Waals surface area contributed by atoms with Crippen LogP contribution in [0.5, 0.6) is 0 Å². The van der Waals surface area contributed by atoms with Gasteiger partial charge in [0.05, 0.1) is 30.2 Å². The maximum absolute atomic E-state index is 12.7. The van der Waals surface area contributed by atoms with Crippen LogP contribution in [0.1, 0.15) is 39.8 Å². The molecule has 0 saturated carbocycles. The van der Waals surface area contributed by atoms with Crippen LogP contribution in [0.25, 0.3) is 5.69 Å². The molecule has 32 heavy (non-hydrogen) atoms. The van der Waals surface area contributed by atoms with E-state index in [9.17, 15) is 4.79 Å². The Morgan fingerprint density at radius 2 is 2.00 bits per heavy atom. The summed E-state index contributed by atoms with van der Waals surface area (Å²) < 4.78 is 7.21. The summed E-state index contributed by atoms with van der Waals surface area (Å²) in [6.07, 6.45) is 7.31. The number of ether oxygens (including phenoxy) is 1. The van der Waals surface area contributed by atoms with Crippen LogP contribution in [0, 0.1) is 12.3 Å². The third-order valence-electron chi connectivity index (χ3n) is 4.93. The van der Waals surface area contributed by atoms with Crippen LogP contribution >= 0.6 is 24.8 Å². The van der Waals surface area contributed by atoms with Gasteiger partial charge in [-0.3, -0.25) is 14.4 Å². The van der Waals surface area contributed by atoms with Gasteiger partial charge in [-0.25, -0.2) is 4.98 Å². The van der Waals surface area contributed by atoms with Crippen LogP contribution in [0.15, 0.2) is 59.9 Å². The van der Waals surface area contributed by atoms with E-state index in [2.05, 4.69) is 16.2 Å². The molecule has 2 aromatic carbocycles. The number of rotatable bonds is 6. The molecule has 0 bridgehead atoms. The lowest BCUT2D eigenvalue weighted by molar-refractivity contribution is 0.0917. The summed E-state index contributed by atoms with van der Waals surface area (Å²) in [6.45, 7) is 3.76. The molecule has 0 fully saturated rings. The quantitative estimate of drug-likeness (QED) is 0.439. The molecule has 0 unspecified atom stereocenters. The number of hydrogen-bond donors (Lipinski definition) is 1. The molecule has 0 spiro atoms. The molecule has 4 rings (SSSR count). The summed E-state index contributed by atoms with van der Waals surface area (Å²) in [5.74, 6) is 2.46. The van der Waals surface area contributed by atoms with E-state index in [4.69, 9.17) is 16.2 Å². The number of imidazole rings is 1. The number of halogens is 2. The summed E-state index contributed by atoms with van der Waals surface area (Å²) >= 11 is 0. The Labute approximate surface area is 199 Å². The van der Waals surface area contributed by atoms with Crippen molar-refractivity contribution in [2.75, 3.05) is 19.8 Å². The van der Waals surface area contributed by atoms with E-state index in [0.717, 1.165) is 33.8 Å². The van der Waals surface area contributed by atoms with Crippen LogP contribution < -0.4 is 5.32 Å². The van der Waals surface area contributed by atoms with E-state index in [1.54, 1.807) is 6.33 Å². The minimum atomic E-state index is -0.233. The Kier molecular flexibility index (Phi) is 9.03. The second kappa shape index (κ2) is 11.5. The van der Waals surface area contributed by atoms with E-state index in [1.807, 2.05) is 60.0 Å². The van der Waals surface area contributed by atoms with E-state index in [-0.39, 0.29) is 30.7 Å². The summed E-state index contributed by atoms with van der Waals surface area (Å²) in [7, 11) is 0. The molecule has 8 heteroatoms. The van der Waals surface area contributed by atoms with Crippen molar-refractivity contribution in [2.45, 2.75) is 13.5 Å². The predicted octanol–water partition coefficient (Wildman–Crippen LogP) is 3.81. The van der Waals surface area contributed by atoms with Crippen LogP contribution in [0.4, 0.5) is 0 Å². The van der Waals surface area contributed by atoms with Crippen LogP contribution in [0.2, 0.25) is 0 Å². The topological polar surface area (TPSA) is 68.5 Å². The summed E-state index contributed by atoms with van der Waals surface area (Å²) in [6, 6.07) is 15.8. The van der Waals surface area contributed by atoms with E-state index in [1.165, 1.54) is 0 Å². The first-order valence-corrected chi connectivity index (χ1v) is 9.86. The Hall–Kier alpha value is -3.11. The largest absolute Gasteiger partial charge is 0.380 e. The van der Waals surface area contributed by atoms with Gasteiger partial charge in [0.2, 0.25) is 0 Å². The molecule has 166 valence electrons. The van der Waals surface area contributed by atoms with Gasteiger partial charge in [-0.1, -0.05) is 36.3 Å². The number of aliphatic imine (C=N–C) groups is 1. The molecule has 3 aromatic rings. The van der Waals surface area contributed by atoms with Gasteiger partial charge < -0.3 is 10.1 Å². The van der Waals surface area contributed by atoms with Gasteiger partial charge in [0, 0.05) is 29.8 Å². The third-order valence-corrected chi connectivity index (χ3v) is 4.93. The molecule has 6 nitrogen and oxygen atoms in total. The van der Waals surface area contributed by atoms with E-state index in [0.29, 0.717) is 32.0 Å². The number of carbonyl (C=O) groups excluding carboxylic acids is 1. The standard InChI is InChI=1S/C24H22N4O2.2ClH/c1-3-17-10-11-20-19(14-17)22(18-8-6-5-7-9-18)26-15-21-23(27-16-28(20)21)24(29)25-12-13-30-4-2;;/h1,5-11,14,16H,4,12-13,15H2,2H3,(H,25,29);2*1H. The number of aromatic nitrogens is 2. The lowest BCUT2D eigenvalue weighted by Gasteiger charge is -2.12. The predicted molar refractivity (Wildman–Crippen MR) is 131 cm³/mol. The van der Waals surface area contributed by atoms with Crippen LogP contribution in [-0.4, -0.2) is 40.9 Å². The Morgan fingerprint density at radius 1 is 1.22 bits per heavy atom. The van der Waals surface area contributed by atoms with Crippen molar-refractivity contribution >= 4 is 36.4 Å². The van der Waals surface area contributed by atoms with Gasteiger partial charge in [0.1, 0.15) is 6.33 Å². The fourth-order valence-corrected chi connectivity index (χ4v) is 3.49. The van der Waals surface area contributed by atoms with Gasteiger partial charge >= 0.3 is 0 Å². The van der Waals surface area contributed by atoms with Gasteiger partial charge in [-0.05, 0) is 25.1 Å². The van der Waals surface area contributed by atoms with Crippen molar-refractivity contribution in [3.05, 3.63) is 82.9 Å². The Balaban J connectivity index is 0.00000181. The van der Waals surface area contributed by atoms with Crippen molar-refractivity contribution in [2.24, 2.45) is 4.99 Å².